The Hall–Kier alpha value is -2.13. The van der Waals surface area contributed by atoms with Crippen molar-refractivity contribution in [1.82, 2.24) is 14.9 Å². The van der Waals surface area contributed by atoms with Crippen LogP contribution in [0.4, 0.5) is 10.2 Å². The van der Waals surface area contributed by atoms with E-state index in [1.165, 1.54) is 22.6 Å². The van der Waals surface area contributed by atoms with E-state index in [9.17, 15) is 4.39 Å². The highest BCUT2D eigenvalue weighted by molar-refractivity contribution is 7.18. The predicted molar refractivity (Wildman–Crippen MR) is 120 cm³/mol. The van der Waals surface area contributed by atoms with Crippen molar-refractivity contribution in [3.05, 3.63) is 51.9 Å². The number of anilines is 1. The summed E-state index contributed by atoms with van der Waals surface area (Å²) in [6, 6.07) is 6.60. The number of aromatic nitrogens is 2. The van der Waals surface area contributed by atoms with E-state index in [1.807, 2.05) is 12.1 Å². The van der Waals surface area contributed by atoms with Gasteiger partial charge in [-0.3, -0.25) is 4.90 Å². The zero-order valence-corrected chi connectivity index (χ0v) is 18.8. The first kappa shape index (κ1) is 20.8. The van der Waals surface area contributed by atoms with E-state index in [2.05, 4.69) is 23.6 Å². The molecule has 2 saturated heterocycles. The number of morpholine rings is 2. The van der Waals surface area contributed by atoms with Crippen molar-refractivity contribution in [2.24, 2.45) is 0 Å². The fourth-order valence-electron chi connectivity index (χ4n) is 4.25. The molecule has 0 amide bonds. The van der Waals surface area contributed by atoms with Crippen molar-refractivity contribution >= 4 is 27.4 Å². The van der Waals surface area contributed by atoms with Gasteiger partial charge in [-0.2, -0.15) is 0 Å². The van der Waals surface area contributed by atoms with Gasteiger partial charge in [-0.1, -0.05) is 12.1 Å². The Kier molecular flexibility index (Phi) is 5.88. The van der Waals surface area contributed by atoms with Gasteiger partial charge in [-0.15, -0.1) is 11.3 Å². The molecule has 8 heteroatoms. The number of benzene rings is 1. The number of aryl methyl sites for hydroxylation is 2. The van der Waals surface area contributed by atoms with E-state index in [0.29, 0.717) is 13.2 Å². The summed E-state index contributed by atoms with van der Waals surface area (Å²) in [7, 11) is 0. The fourth-order valence-corrected chi connectivity index (χ4v) is 5.29. The standard InChI is InChI=1S/C23H27FN4O2S/c1-15-16(2)31-23-21(15)22(25-20(26-23)14-27-7-10-29-11-8-27)28-9-12-30-19(13-28)17-3-5-18(24)6-4-17/h3-6,19H,7-14H2,1-2H3. The summed E-state index contributed by atoms with van der Waals surface area (Å²) < 4.78 is 24.9. The third-order valence-corrected chi connectivity index (χ3v) is 7.23. The normalized spacial score (nSPS) is 20.5. The minimum atomic E-state index is -0.231. The topological polar surface area (TPSA) is 50.7 Å². The van der Waals surface area contributed by atoms with E-state index < -0.39 is 0 Å². The molecule has 0 saturated carbocycles. The lowest BCUT2D eigenvalue weighted by Gasteiger charge is -2.34. The van der Waals surface area contributed by atoms with Crippen LogP contribution in [0.2, 0.25) is 0 Å². The van der Waals surface area contributed by atoms with Crippen molar-refractivity contribution < 1.29 is 13.9 Å². The first-order valence-electron chi connectivity index (χ1n) is 10.8. The van der Waals surface area contributed by atoms with Gasteiger partial charge in [0.25, 0.3) is 0 Å². The number of halogens is 1. The Morgan fingerprint density at radius 3 is 2.61 bits per heavy atom. The van der Waals surface area contributed by atoms with E-state index >= 15 is 0 Å². The molecule has 2 aliphatic rings. The van der Waals surface area contributed by atoms with E-state index in [0.717, 1.165) is 66.8 Å². The number of ether oxygens (including phenoxy) is 2. The maximum Gasteiger partial charge on any atom is 0.146 e. The fraction of sp³-hybridized carbons (Fsp3) is 0.478. The van der Waals surface area contributed by atoms with Crippen molar-refractivity contribution in [3.8, 4) is 0 Å². The van der Waals surface area contributed by atoms with Crippen LogP contribution in [0.5, 0.6) is 0 Å². The summed E-state index contributed by atoms with van der Waals surface area (Å²) in [4.78, 5) is 17.0. The smallest absolute Gasteiger partial charge is 0.146 e. The molecule has 1 atom stereocenters. The zero-order chi connectivity index (χ0) is 21.4. The van der Waals surface area contributed by atoms with Crippen LogP contribution < -0.4 is 4.90 Å². The average molecular weight is 443 g/mol. The number of rotatable bonds is 4. The van der Waals surface area contributed by atoms with Crippen LogP contribution in [0.15, 0.2) is 24.3 Å². The van der Waals surface area contributed by atoms with E-state index in [-0.39, 0.29) is 11.9 Å². The third kappa shape index (κ3) is 4.30. The highest BCUT2D eigenvalue weighted by Gasteiger charge is 2.27. The van der Waals surface area contributed by atoms with E-state index in [1.54, 1.807) is 11.3 Å². The lowest BCUT2D eigenvalue weighted by Crippen LogP contribution is -2.39. The van der Waals surface area contributed by atoms with Gasteiger partial charge < -0.3 is 14.4 Å². The van der Waals surface area contributed by atoms with Gasteiger partial charge in [0, 0.05) is 31.1 Å². The van der Waals surface area contributed by atoms with Crippen LogP contribution in [-0.4, -0.2) is 60.9 Å². The molecule has 0 spiro atoms. The molecule has 31 heavy (non-hydrogen) atoms. The monoisotopic (exact) mass is 442 g/mol. The first-order chi connectivity index (χ1) is 15.1. The Morgan fingerprint density at radius 2 is 1.84 bits per heavy atom. The molecule has 3 aromatic rings. The van der Waals surface area contributed by atoms with Gasteiger partial charge in [-0.25, -0.2) is 14.4 Å². The summed E-state index contributed by atoms with van der Waals surface area (Å²) in [6.07, 6.45) is -0.109. The molecule has 2 aromatic heterocycles. The Bertz CT molecular complexity index is 1070. The number of thiophene rings is 1. The van der Waals surface area contributed by atoms with Crippen LogP contribution in [-0.2, 0) is 16.0 Å². The molecule has 1 aromatic carbocycles. The largest absolute Gasteiger partial charge is 0.379 e. The van der Waals surface area contributed by atoms with Gasteiger partial charge in [-0.05, 0) is 37.1 Å². The van der Waals surface area contributed by atoms with Crippen LogP contribution in [0.1, 0.15) is 27.9 Å². The molecule has 0 radical (unpaired) electrons. The molecule has 2 fully saturated rings. The number of hydrogen-bond donors (Lipinski definition) is 0. The lowest BCUT2D eigenvalue weighted by atomic mass is 10.1. The van der Waals surface area contributed by atoms with Crippen LogP contribution in [0, 0.1) is 19.7 Å². The van der Waals surface area contributed by atoms with Gasteiger partial charge in [0.1, 0.15) is 28.4 Å². The van der Waals surface area contributed by atoms with Crippen molar-refractivity contribution in [2.45, 2.75) is 26.5 Å². The highest BCUT2D eigenvalue weighted by atomic mass is 32.1. The van der Waals surface area contributed by atoms with Crippen molar-refractivity contribution in [3.63, 3.8) is 0 Å². The van der Waals surface area contributed by atoms with Crippen molar-refractivity contribution in [2.75, 3.05) is 50.9 Å². The minimum absolute atomic E-state index is 0.109. The molecule has 5 rings (SSSR count). The molecule has 6 nitrogen and oxygen atoms in total. The van der Waals surface area contributed by atoms with Gasteiger partial charge >= 0.3 is 0 Å². The summed E-state index contributed by atoms with van der Waals surface area (Å²) in [5.74, 6) is 1.62. The minimum Gasteiger partial charge on any atom is -0.379 e. The molecule has 0 bridgehead atoms. The molecule has 0 N–H and O–H groups in total. The molecule has 4 heterocycles. The second kappa shape index (κ2) is 8.78. The van der Waals surface area contributed by atoms with Crippen molar-refractivity contribution in [1.29, 1.82) is 0 Å². The first-order valence-corrected chi connectivity index (χ1v) is 11.6. The SMILES string of the molecule is Cc1sc2nc(CN3CCOCC3)nc(N3CCOC(c4ccc(F)cc4)C3)c2c1C. The third-order valence-electron chi connectivity index (χ3n) is 6.13. The number of nitrogens with zero attached hydrogens (tertiary/aromatic N) is 4. The number of fused-ring (bicyclic) bond motifs is 1. The van der Waals surface area contributed by atoms with Gasteiger partial charge in [0.05, 0.1) is 31.8 Å². The van der Waals surface area contributed by atoms with Crippen LogP contribution >= 0.6 is 11.3 Å². The Balaban J connectivity index is 1.48. The summed E-state index contributed by atoms with van der Waals surface area (Å²) in [5, 5.41) is 1.15. The molecule has 2 aliphatic heterocycles. The zero-order valence-electron chi connectivity index (χ0n) is 17.9. The van der Waals surface area contributed by atoms with E-state index in [4.69, 9.17) is 19.4 Å². The number of hydrogen-bond acceptors (Lipinski definition) is 7. The molecule has 1 unspecified atom stereocenters. The van der Waals surface area contributed by atoms with Gasteiger partial charge in [0.15, 0.2) is 0 Å². The van der Waals surface area contributed by atoms with Crippen LogP contribution in [0.25, 0.3) is 10.2 Å². The summed E-state index contributed by atoms with van der Waals surface area (Å²) in [6.45, 7) is 10.4. The highest BCUT2D eigenvalue weighted by Crippen LogP contribution is 2.37. The summed E-state index contributed by atoms with van der Waals surface area (Å²) >= 11 is 1.74. The average Bonchev–Trinajstić information content (AvgIpc) is 3.08. The predicted octanol–water partition coefficient (Wildman–Crippen LogP) is 3.86. The molecular formula is C23H27FN4O2S. The molecule has 0 aliphatic carbocycles. The van der Waals surface area contributed by atoms with Crippen LogP contribution in [0.3, 0.4) is 0 Å². The Morgan fingerprint density at radius 1 is 1.06 bits per heavy atom. The Labute approximate surface area is 185 Å². The lowest BCUT2D eigenvalue weighted by molar-refractivity contribution is 0.0329. The summed E-state index contributed by atoms with van der Waals surface area (Å²) in [5.41, 5.74) is 2.24. The maximum absolute atomic E-state index is 13.4. The second-order valence-corrected chi connectivity index (χ2v) is 9.38. The molecular weight excluding hydrogens is 415 g/mol. The molecule has 164 valence electrons. The second-order valence-electron chi connectivity index (χ2n) is 8.17. The quantitative estimate of drug-likeness (QED) is 0.612. The van der Waals surface area contributed by atoms with Gasteiger partial charge in [0.2, 0.25) is 0 Å². The maximum atomic E-state index is 13.4.